The Labute approximate surface area is 368 Å². The van der Waals surface area contributed by atoms with Crippen LogP contribution in [0, 0.1) is 0 Å². The van der Waals surface area contributed by atoms with E-state index in [1.165, 1.54) is 51.0 Å². The van der Waals surface area contributed by atoms with Gasteiger partial charge < -0.3 is 40.7 Å². The van der Waals surface area contributed by atoms with Crippen LogP contribution in [0.15, 0.2) is 110 Å². The van der Waals surface area contributed by atoms with E-state index in [9.17, 15) is 39.3 Å². The summed E-state index contributed by atoms with van der Waals surface area (Å²) in [4.78, 5) is 65.5. The molecule has 7 N–H and O–H groups in total. The fraction of sp³-hybridized carbons (Fsp3) is 0.116. The molecular formula is C43H37Cl3N4O12. The Hall–Kier alpha value is -7.11. The zero-order valence-corrected chi connectivity index (χ0v) is 34.9. The highest BCUT2D eigenvalue weighted by atomic mass is 35.5. The van der Waals surface area contributed by atoms with Crippen molar-refractivity contribution in [2.75, 3.05) is 20.8 Å². The van der Waals surface area contributed by atoms with Gasteiger partial charge in [0.05, 0.1) is 27.2 Å². The molecule has 0 fully saturated rings. The van der Waals surface area contributed by atoms with Gasteiger partial charge in [-0.05, 0) is 71.3 Å². The Bertz CT molecular complexity index is 2450. The number of halogens is 3. The first-order chi connectivity index (χ1) is 29.5. The fourth-order valence-electron chi connectivity index (χ4n) is 4.90. The van der Waals surface area contributed by atoms with Gasteiger partial charge in [-0.1, -0.05) is 71.2 Å². The van der Waals surface area contributed by atoms with E-state index < -0.39 is 23.7 Å². The van der Waals surface area contributed by atoms with Crippen molar-refractivity contribution in [3.05, 3.63) is 142 Å². The number of carboxylic acid groups (broad SMARTS) is 2. The van der Waals surface area contributed by atoms with Gasteiger partial charge >= 0.3 is 23.9 Å². The van der Waals surface area contributed by atoms with Crippen LogP contribution < -0.4 is 5.73 Å². The minimum atomic E-state index is -1.26. The molecule has 0 bridgehead atoms. The van der Waals surface area contributed by atoms with Crippen LogP contribution in [0.4, 0.5) is 0 Å². The summed E-state index contributed by atoms with van der Waals surface area (Å²) in [5, 5.41) is 48.2. The van der Waals surface area contributed by atoms with Crippen molar-refractivity contribution < 1.29 is 59.0 Å². The van der Waals surface area contributed by atoms with Crippen molar-refractivity contribution in [3.63, 3.8) is 0 Å². The maximum atomic E-state index is 11.9. The highest BCUT2D eigenvalue weighted by Gasteiger charge is 2.17. The van der Waals surface area contributed by atoms with Crippen LogP contribution in [0.3, 0.4) is 0 Å². The quantitative estimate of drug-likeness (QED) is 0.0562. The van der Waals surface area contributed by atoms with E-state index in [1.807, 2.05) is 6.07 Å². The molecule has 0 radical (unpaired) electrons. The average Bonchev–Trinajstić information content (AvgIpc) is 3.25. The second-order valence-corrected chi connectivity index (χ2v) is 13.5. The maximum Gasteiger partial charge on any atom is 0.358 e. The first kappa shape index (κ1) is 49.3. The van der Waals surface area contributed by atoms with Crippen molar-refractivity contribution in [1.82, 2.24) is 15.0 Å². The number of hydrogen-bond acceptors (Lipinski definition) is 14. The van der Waals surface area contributed by atoms with E-state index in [-0.39, 0.29) is 59.7 Å². The summed E-state index contributed by atoms with van der Waals surface area (Å²) in [6, 6.07) is 25.2. The van der Waals surface area contributed by atoms with Crippen LogP contribution >= 0.6 is 34.8 Å². The lowest BCUT2D eigenvalue weighted by Gasteiger charge is -2.06. The summed E-state index contributed by atoms with van der Waals surface area (Å²) in [6.07, 6.45) is 4.14. The van der Waals surface area contributed by atoms with Gasteiger partial charge in [0, 0.05) is 56.8 Å². The standard InChI is InChI=1S/C16H14ClNO4.2C12H8ClNO3.C3H7NO2/c1-22-15(21)6-5-13(19)16-14(20)8-11(9-18-16)10-3-2-4-12(17)7-10;2*13-9-3-1-2-7(4-9)8-5-10(15)11(12(16)17)14-6-8;1-6-3(5)2-4/h2-4,7-9,20H,5-6H2,1H3;2*1-6,15H,(H,16,17);2,4H2,1H3. The van der Waals surface area contributed by atoms with E-state index >= 15 is 0 Å². The zero-order valence-electron chi connectivity index (χ0n) is 32.7. The van der Waals surface area contributed by atoms with Crippen LogP contribution in [-0.2, 0) is 19.1 Å². The Kier molecular flexibility index (Phi) is 19.2. The SMILES string of the molecule is COC(=O)CCC(=O)c1ncc(-c2cccc(Cl)c2)cc1O.COC(=O)CN.O=C(O)c1ncc(-c2cccc(Cl)c2)cc1O.O=C(O)c1ncc(-c2cccc(Cl)c2)cc1O. The molecule has 0 aliphatic carbocycles. The third-order valence-corrected chi connectivity index (χ3v) is 8.63. The van der Waals surface area contributed by atoms with Gasteiger partial charge in [-0.25, -0.2) is 24.5 Å². The van der Waals surface area contributed by atoms with Crippen LogP contribution in [0.2, 0.25) is 15.1 Å². The van der Waals surface area contributed by atoms with E-state index in [1.54, 1.807) is 66.7 Å². The lowest BCUT2D eigenvalue weighted by Crippen LogP contribution is -2.14. The predicted molar refractivity (Wildman–Crippen MR) is 230 cm³/mol. The Morgan fingerprint density at radius 3 is 1.11 bits per heavy atom. The lowest BCUT2D eigenvalue weighted by molar-refractivity contribution is -0.140. The molecule has 3 aromatic heterocycles. The zero-order chi connectivity index (χ0) is 45.9. The molecular weight excluding hydrogens is 871 g/mol. The maximum absolute atomic E-state index is 11.9. The molecule has 0 atom stereocenters. The number of aromatic carboxylic acids is 2. The third-order valence-electron chi connectivity index (χ3n) is 7.92. The summed E-state index contributed by atoms with van der Waals surface area (Å²) >= 11 is 17.6. The van der Waals surface area contributed by atoms with E-state index in [0.717, 1.165) is 16.7 Å². The van der Waals surface area contributed by atoms with Crippen molar-refractivity contribution in [2.45, 2.75) is 12.8 Å². The summed E-state index contributed by atoms with van der Waals surface area (Å²) in [6.45, 7) is -0.0312. The molecule has 0 amide bonds. The molecule has 62 heavy (non-hydrogen) atoms. The van der Waals surface area contributed by atoms with E-state index in [2.05, 4.69) is 24.4 Å². The highest BCUT2D eigenvalue weighted by molar-refractivity contribution is 6.31. The molecule has 322 valence electrons. The molecule has 6 rings (SSSR count). The molecule has 19 heteroatoms. The summed E-state index contributed by atoms with van der Waals surface area (Å²) in [7, 11) is 2.55. The second kappa shape index (κ2) is 24.2. The number of methoxy groups -OCH3 is 2. The molecule has 3 heterocycles. The number of aromatic hydroxyl groups is 3. The first-order valence-electron chi connectivity index (χ1n) is 17.7. The topological polar surface area (TPSA) is 270 Å². The highest BCUT2D eigenvalue weighted by Crippen LogP contribution is 2.29. The molecule has 6 aromatic rings. The number of carbonyl (C=O) groups excluding carboxylic acids is 3. The number of carbonyl (C=O) groups is 5. The smallest absolute Gasteiger partial charge is 0.358 e. The van der Waals surface area contributed by atoms with Gasteiger partial charge in [-0.15, -0.1) is 0 Å². The summed E-state index contributed by atoms with van der Waals surface area (Å²) < 4.78 is 8.60. The number of esters is 2. The fourth-order valence-corrected chi connectivity index (χ4v) is 5.47. The molecule has 0 saturated carbocycles. The number of hydrogen-bond donors (Lipinski definition) is 6. The van der Waals surface area contributed by atoms with Gasteiger partial charge in [0.1, 0.15) is 22.9 Å². The Balaban J connectivity index is 0.000000234. The summed E-state index contributed by atoms with van der Waals surface area (Å²) in [5.74, 6) is -4.77. The number of ether oxygens (including phenoxy) is 2. The van der Waals surface area contributed by atoms with Gasteiger partial charge in [0.2, 0.25) is 0 Å². The molecule has 0 spiro atoms. The normalized spacial score (nSPS) is 9.97. The third kappa shape index (κ3) is 15.2. The summed E-state index contributed by atoms with van der Waals surface area (Å²) in [5.41, 5.74) is 8.18. The number of nitrogens with two attached hydrogens (primary N) is 1. The molecule has 0 saturated heterocycles. The molecule has 0 aliphatic rings. The Morgan fingerprint density at radius 1 is 0.516 bits per heavy atom. The minimum absolute atomic E-state index is 0.0312. The van der Waals surface area contributed by atoms with E-state index in [0.29, 0.717) is 31.8 Å². The minimum Gasteiger partial charge on any atom is -0.506 e. The molecule has 0 unspecified atom stereocenters. The molecule has 16 nitrogen and oxygen atoms in total. The average molecular weight is 908 g/mol. The number of aromatic nitrogens is 3. The number of benzene rings is 3. The van der Waals surface area contributed by atoms with Gasteiger partial charge in [-0.2, -0.15) is 0 Å². The number of rotatable bonds is 10. The van der Waals surface area contributed by atoms with Crippen LogP contribution in [-0.4, -0.2) is 90.9 Å². The van der Waals surface area contributed by atoms with Crippen molar-refractivity contribution in [2.24, 2.45) is 5.73 Å². The molecule has 3 aromatic carbocycles. The number of pyridine rings is 3. The number of ketones is 1. The predicted octanol–water partition coefficient (Wildman–Crippen LogP) is 7.97. The van der Waals surface area contributed by atoms with Crippen molar-refractivity contribution in [1.29, 1.82) is 0 Å². The van der Waals surface area contributed by atoms with Crippen LogP contribution in [0.25, 0.3) is 33.4 Å². The van der Waals surface area contributed by atoms with Gasteiger partial charge in [0.25, 0.3) is 0 Å². The number of carboxylic acids is 2. The first-order valence-corrected chi connectivity index (χ1v) is 18.8. The van der Waals surface area contributed by atoms with E-state index in [4.69, 9.17) is 50.7 Å². The molecule has 0 aliphatic heterocycles. The lowest BCUT2D eigenvalue weighted by atomic mass is 10.1. The van der Waals surface area contributed by atoms with Crippen LogP contribution in [0.5, 0.6) is 17.2 Å². The van der Waals surface area contributed by atoms with Crippen molar-refractivity contribution in [3.8, 4) is 50.6 Å². The Morgan fingerprint density at radius 2 is 0.855 bits per heavy atom. The largest absolute Gasteiger partial charge is 0.506 e. The monoisotopic (exact) mass is 906 g/mol. The van der Waals surface area contributed by atoms with Gasteiger partial charge in [-0.3, -0.25) is 14.4 Å². The van der Waals surface area contributed by atoms with Gasteiger partial charge in [0.15, 0.2) is 17.2 Å². The van der Waals surface area contributed by atoms with Crippen molar-refractivity contribution >= 4 is 64.5 Å². The number of Topliss-reactive ketones (excluding diaryl/α,β-unsaturated/α-hetero) is 1. The second-order valence-electron chi connectivity index (χ2n) is 12.2. The van der Waals surface area contributed by atoms with Crippen LogP contribution in [0.1, 0.15) is 44.3 Å². The number of nitrogens with zero attached hydrogens (tertiary/aromatic N) is 3.